The summed E-state index contributed by atoms with van der Waals surface area (Å²) in [5.41, 5.74) is 1.60. The second kappa shape index (κ2) is 7.70. The van der Waals surface area contributed by atoms with Gasteiger partial charge in [0, 0.05) is 7.05 Å². The van der Waals surface area contributed by atoms with E-state index in [1.807, 2.05) is 40.1 Å². The minimum atomic E-state index is -0.0599. The van der Waals surface area contributed by atoms with Crippen molar-refractivity contribution >= 4 is 61.2 Å². The lowest BCUT2D eigenvalue weighted by atomic mass is 10.3. The standard InChI is InChI=1S/C18H15N7O2S3/c1-24-15(26)14-11(7-8-28-14)25-13(20-22-17(24)25)9-29-18-23-21-16(30-18)19-10-5-3-4-6-12(10)27-2/h3-8H,9H2,1-2H3,(H,19,21). The van der Waals surface area contributed by atoms with Crippen molar-refractivity contribution in [3.63, 3.8) is 0 Å². The molecule has 0 spiro atoms. The Morgan fingerprint density at radius 3 is 2.90 bits per heavy atom. The molecule has 0 fully saturated rings. The molecule has 4 heterocycles. The van der Waals surface area contributed by atoms with Crippen LogP contribution < -0.4 is 15.6 Å². The van der Waals surface area contributed by atoms with Gasteiger partial charge in [0.1, 0.15) is 16.3 Å². The minimum Gasteiger partial charge on any atom is -0.495 e. The topological polar surface area (TPSA) is 99.2 Å². The quantitative estimate of drug-likeness (QED) is 0.387. The third-order valence-corrected chi connectivity index (χ3v) is 7.34. The zero-order chi connectivity index (χ0) is 20.7. The third-order valence-electron chi connectivity index (χ3n) is 4.48. The SMILES string of the molecule is COc1ccccc1Nc1nnc(SCc2nnc3n(C)c(=O)c4sccc4n23)s1. The maximum absolute atomic E-state index is 12.4. The molecule has 0 unspecified atom stereocenters. The molecule has 0 saturated heterocycles. The lowest BCUT2D eigenvalue weighted by Gasteiger charge is -2.07. The Morgan fingerprint density at radius 1 is 1.17 bits per heavy atom. The number of hydrogen-bond donors (Lipinski definition) is 1. The number of thiophene rings is 1. The Kier molecular flexibility index (Phi) is 4.89. The molecule has 0 bridgehead atoms. The molecule has 5 aromatic rings. The second-order valence-electron chi connectivity index (χ2n) is 6.24. The van der Waals surface area contributed by atoms with E-state index in [1.54, 1.807) is 14.2 Å². The fourth-order valence-corrected chi connectivity index (χ4v) is 5.58. The van der Waals surface area contributed by atoms with Crippen LogP contribution in [0.25, 0.3) is 16.0 Å². The van der Waals surface area contributed by atoms with Crippen LogP contribution in [0.4, 0.5) is 10.8 Å². The zero-order valence-electron chi connectivity index (χ0n) is 15.9. The van der Waals surface area contributed by atoms with Crippen LogP contribution in [-0.2, 0) is 12.8 Å². The summed E-state index contributed by atoms with van der Waals surface area (Å²) < 4.78 is 10.3. The summed E-state index contributed by atoms with van der Waals surface area (Å²) in [6.07, 6.45) is 0. The summed E-state index contributed by atoms with van der Waals surface area (Å²) in [5, 5.41) is 22.8. The van der Waals surface area contributed by atoms with Crippen molar-refractivity contribution in [1.82, 2.24) is 29.4 Å². The Morgan fingerprint density at radius 2 is 2.03 bits per heavy atom. The highest BCUT2D eigenvalue weighted by Gasteiger charge is 2.16. The van der Waals surface area contributed by atoms with Crippen LogP contribution in [0.1, 0.15) is 5.82 Å². The number of aryl methyl sites for hydroxylation is 1. The fraction of sp³-hybridized carbons (Fsp3) is 0.167. The summed E-state index contributed by atoms with van der Waals surface area (Å²) >= 11 is 4.39. The molecular formula is C18H15N7O2S3. The lowest BCUT2D eigenvalue weighted by molar-refractivity contribution is 0.417. The average Bonchev–Trinajstić information content (AvgIpc) is 3.50. The Balaban J connectivity index is 1.39. The number of ether oxygens (including phenoxy) is 1. The van der Waals surface area contributed by atoms with Crippen molar-refractivity contribution in [3.05, 3.63) is 51.9 Å². The van der Waals surface area contributed by atoms with E-state index in [9.17, 15) is 4.79 Å². The first kappa shape index (κ1) is 19.0. The molecule has 5 rings (SSSR count). The number of nitrogens with one attached hydrogen (secondary N) is 1. The van der Waals surface area contributed by atoms with Crippen molar-refractivity contribution in [2.45, 2.75) is 10.1 Å². The van der Waals surface area contributed by atoms with Crippen LogP contribution in [-0.4, -0.2) is 36.5 Å². The number of rotatable bonds is 6. The van der Waals surface area contributed by atoms with Gasteiger partial charge in [0.05, 0.1) is 24.1 Å². The van der Waals surface area contributed by atoms with Gasteiger partial charge in [-0.15, -0.1) is 31.7 Å². The van der Waals surface area contributed by atoms with E-state index in [2.05, 4.69) is 25.7 Å². The number of fused-ring (bicyclic) bond motifs is 3. The lowest BCUT2D eigenvalue weighted by Crippen LogP contribution is -2.19. The number of para-hydroxylation sites is 2. The number of anilines is 2. The Labute approximate surface area is 182 Å². The predicted molar refractivity (Wildman–Crippen MR) is 119 cm³/mol. The highest BCUT2D eigenvalue weighted by Crippen LogP contribution is 2.32. The molecule has 1 N–H and O–H groups in total. The number of methoxy groups -OCH3 is 1. The molecule has 4 aromatic heterocycles. The zero-order valence-corrected chi connectivity index (χ0v) is 18.3. The van der Waals surface area contributed by atoms with Crippen LogP contribution >= 0.6 is 34.4 Å². The summed E-state index contributed by atoms with van der Waals surface area (Å²) in [6.45, 7) is 0. The molecule has 0 amide bonds. The van der Waals surface area contributed by atoms with Crippen molar-refractivity contribution in [3.8, 4) is 5.75 Å². The summed E-state index contributed by atoms with van der Waals surface area (Å²) in [4.78, 5) is 12.4. The number of hydrogen-bond acceptors (Lipinski definition) is 10. The van der Waals surface area contributed by atoms with E-state index < -0.39 is 0 Å². The number of aromatic nitrogens is 6. The smallest absolute Gasteiger partial charge is 0.272 e. The van der Waals surface area contributed by atoms with E-state index in [0.29, 0.717) is 21.4 Å². The van der Waals surface area contributed by atoms with Gasteiger partial charge < -0.3 is 10.1 Å². The van der Waals surface area contributed by atoms with E-state index in [4.69, 9.17) is 4.74 Å². The van der Waals surface area contributed by atoms with E-state index in [-0.39, 0.29) is 5.56 Å². The van der Waals surface area contributed by atoms with Gasteiger partial charge in [-0.25, -0.2) is 0 Å². The first-order chi connectivity index (χ1) is 14.7. The number of thioether (sulfide) groups is 1. The fourth-order valence-electron chi connectivity index (χ4n) is 3.05. The van der Waals surface area contributed by atoms with Crippen LogP contribution in [0.15, 0.2) is 44.8 Å². The maximum Gasteiger partial charge on any atom is 0.272 e. The summed E-state index contributed by atoms with van der Waals surface area (Å²) in [7, 11) is 3.34. The molecular weight excluding hydrogens is 442 g/mol. The van der Waals surface area contributed by atoms with Crippen molar-refractivity contribution in [2.24, 2.45) is 7.05 Å². The minimum absolute atomic E-state index is 0.0599. The van der Waals surface area contributed by atoms with Crippen LogP contribution in [0.2, 0.25) is 0 Å². The number of benzene rings is 1. The van der Waals surface area contributed by atoms with E-state index in [0.717, 1.165) is 27.1 Å². The molecule has 0 radical (unpaired) electrons. The van der Waals surface area contributed by atoms with E-state index >= 15 is 0 Å². The summed E-state index contributed by atoms with van der Waals surface area (Å²) in [6, 6.07) is 9.57. The third kappa shape index (κ3) is 3.22. The van der Waals surface area contributed by atoms with Gasteiger partial charge in [-0.1, -0.05) is 35.2 Å². The largest absolute Gasteiger partial charge is 0.495 e. The van der Waals surface area contributed by atoms with Gasteiger partial charge in [-0.3, -0.25) is 13.8 Å². The average molecular weight is 458 g/mol. The van der Waals surface area contributed by atoms with Gasteiger partial charge in [-0.2, -0.15) is 0 Å². The Bertz CT molecular complexity index is 1420. The molecule has 0 saturated carbocycles. The molecule has 9 nitrogen and oxygen atoms in total. The van der Waals surface area contributed by atoms with Gasteiger partial charge >= 0.3 is 0 Å². The Hall–Kier alpha value is -2.96. The molecule has 0 aliphatic rings. The van der Waals surface area contributed by atoms with Gasteiger partial charge in [-0.05, 0) is 23.6 Å². The number of nitrogens with zero attached hydrogens (tertiary/aromatic N) is 6. The van der Waals surface area contributed by atoms with Crippen molar-refractivity contribution in [2.75, 3.05) is 12.4 Å². The van der Waals surface area contributed by atoms with Gasteiger partial charge in [0.15, 0.2) is 4.34 Å². The highest BCUT2D eigenvalue weighted by molar-refractivity contribution is 8.00. The summed E-state index contributed by atoms with van der Waals surface area (Å²) in [5.74, 6) is 2.57. The molecule has 0 atom stereocenters. The monoisotopic (exact) mass is 457 g/mol. The van der Waals surface area contributed by atoms with Crippen molar-refractivity contribution < 1.29 is 4.74 Å². The molecule has 1 aromatic carbocycles. The first-order valence-corrected chi connectivity index (χ1v) is 11.5. The van der Waals surface area contributed by atoms with E-state index in [1.165, 1.54) is 39.0 Å². The molecule has 0 aliphatic carbocycles. The van der Waals surface area contributed by atoms with Crippen LogP contribution in [0.5, 0.6) is 5.75 Å². The van der Waals surface area contributed by atoms with Crippen molar-refractivity contribution in [1.29, 1.82) is 0 Å². The molecule has 0 aliphatic heterocycles. The maximum atomic E-state index is 12.4. The molecule has 152 valence electrons. The normalized spacial score (nSPS) is 11.4. The second-order valence-corrected chi connectivity index (χ2v) is 9.35. The van der Waals surface area contributed by atoms with Crippen LogP contribution in [0.3, 0.4) is 0 Å². The highest BCUT2D eigenvalue weighted by atomic mass is 32.2. The van der Waals surface area contributed by atoms with Gasteiger partial charge in [0.25, 0.3) is 5.56 Å². The van der Waals surface area contributed by atoms with Crippen LogP contribution in [0, 0.1) is 0 Å². The first-order valence-electron chi connectivity index (χ1n) is 8.82. The predicted octanol–water partition coefficient (Wildman–Crippen LogP) is 3.54. The molecule has 30 heavy (non-hydrogen) atoms. The molecule has 12 heteroatoms. The van der Waals surface area contributed by atoms with Gasteiger partial charge in [0.2, 0.25) is 10.9 Å².